The zero-order valence-corrected chi connectivity index (χ0v) is 23.6. The molecule has 1 aliphatic heterocycles. The SMILES string of the molecule is CC(Nc1c(-c2ccc(OC(F)(F)F)cc2)nc2cnccn12)C(=O)N1CCN(CCN(C(C)C)C(C)C)CC1. The lowest BCUT2D eigenvalue weighted by atomic mass is 10.1. The van der Waals surface area contributed by atoms with Gasteiger partial charge in [0, 0.05) is 69.3 Å². The molecule has 1 unspecified atom stereocenters. The summed E-state index contributed by atoms with van der Waals surface area (Å²) in [6.45, 7) is 15.6. The molecule has 218 valence electrons. The van der Waals surface area contributed by atoms with Crippen molar-refractivity contribution in [1.29, 1.82) is 0 Å². The van der Waals surface area contributed by atoms with Gasteiger partial charge in [0.25, 0.3) is 0 Å². The first-order valence-corrected chi connectivity index (χ1v) is 13.6. The second kappa shape index (κ2) is 12.4. The van der Waals surface area contributed by atoms with E-state index >= 15 is 0 Å². The van der Waals surface area contributed by atoms with Crippen LogP contribution in [0.25, 0.3) is 16.9 Å². The molecule has 0 spiro atoms. The molecule has 1 amide bonds. The Kier molecular flexibility index (Phi) is 9.19. The molecule has 1 aromatic carbocycles. The highest BCUT2D eigenvalue weighted by Gasteiger charge is 2.31. The molecular formula is C28H38F3N7O2. The van der Waals surface area contributed by atoms with E-state index in [1.54, 1.807) is 23.0 Å². The van der Waals surface area contributed by atoms with Gasteiger partial charge < -0.3 is 15.0 Å². The van der Waals surface area contributed by atoms with Crippen molar-refractivity contribution in [1.82, 2.24) is 29.1 Å². The molecule has 1 fully saturated rings. The maximum absolute atomic E-state index is 13.4. The Hall–Kier alpha value is -3.38. The van der Waals surface area contributed by atoms with E-state index in [4.69, 9.17) is 0 Å². The van der Waals surface area contributed by atoms with E-state index in [1.165, 1.54) is 24.3 Å². The first kappa shape index (κ1) is 29.6. The molecule has 0 aliphatic carbocycles. The van der Waals surface area contributed by atoms with Gasteiger partial charge in [0.2, 0.25) is 5.91 Å². The van der Waals surface area contributed by atoms with Gasteiger partial charge in [0.05, 0.1) is 6.20 Å². The smallest absolute Gasteiger partial charge is 0.406 e. The Bertz CT molecular complexity index is 1260. The number of rotatable bonds is 10. The van der Waals surface area contributed by atoms with Crippen molar-refractivity contribution in [3.63, 3.8) is 0 Å². The molecule has 4 rings (SSSR count). The molecule has 1 aliphatic rings. The Morgan fingerprint density at radius 3 is 2.30 bits per heavy atom. The van der Waals surface area contributed by atoms with Crippen LogP contribution in [0.5, 0.6) is 5.75 Å². The summed E-state index contributed by atoms with van der Waals surface area (Å²) in [5.74, 6) is 0.221. The minimum atomic E-state index is -4.77. The number of amides is 1. The lowest BCUT2D eigenvalue weighted by molar-refractivity contribution is -0.274. The fourth-order valence-electron chi connectivity index (χ4n) is 5.16. The van der Waals surface area contributed by atoms with Gasteiger partial charge in [-0.25, -0.2) is 4.98 Å². The van der Waals surface area contributed by atoms with Gasteiger partial charge in [0.1, 0.15) is 23.3 Å². The minimum Gasteiger partial charge on any atom is -0.406 e. The second-order valence-electron chi connectivity index (χ2n) is 10.6. The maximum Gasteiger partial charge on any atom is 0.573 e. The van der Waals surface area contributed by atoms with Crippen LogP contribution in [-0.2, 0) is 4.79 Å². The summed E-state index contributed by atoms with van der Waals surface area (Å²) in [5.41, 5.74) is 1.61. The van der Waals surface area contributed by atoms with Crippen molar-refractivity contribution in [3.05, 3.63) is 42.9 Å². The number of ether oxygens (including phenoxy) is 1. The van der Waals surface area contributed by atoms with E-state index in [1.807, 2.05) is 11.8 Å². The summed E-state index contributed by atoms with van der Waals surface area (Å²) < 4.78 is 43.6. The first-order valence-electron chi connectivity index (χ1n) is 13.6. The highest BCUT2D eigenvalue weighted by atomic mass is 19.4. The molecule has 12 heteroatoms. The molecule has 1 N–H and O–H groups in total. The monoisotopic (exact) mass is 561 g/mol. The van der Waals surface area contributed by atoms with Gasteiger partial charge in [-0.15, -0.1) is 13.2 Å². The number of carbonyl (C=O) groups is 1. The lowest BCUT2D eigenvalue weighted by Crippen LogP contribution is -2.53. The van der Waals surface area contributed by atoms with Crippen molar-refractivity contribution < 1.29 is 22.7 Å². The van der Waals surface area contributed by atoms with Gasteiger partial charge >= 0.3 is 6.36 Å². The van der Waals surface area contributed by atoms with Crippen molar-refractivity contribution in [2.24, 2.45) is 0 Å². The van der Waals surface area contributed by atoms with Crippen LogP contribution in [0.3, 0.4) is 0 Å². The highest BCUT2D eigenvalue weighted by molar-refractivity contribution is 5.86. The molecule has 2 aromatic heterocycles. The maximum atomic E-state index is 13.4. The number of nitrogens with one attached hydrogen (secondary N) is 1. The number of imidazole rings is 1. The number of alkyl halides is 3. The van der Waals surface area contributed by atoms with Crippen LogP contribution in [0.15, 0.2) is 42.9 Å². The second-order valence-corrected chi connectivity index (χ2v) is 10.6. The number of piperazine rings is 1. The Balaban J connectivity index is 1.43. The largest absolute Gasteiger partial charge is 0.573 e. The number of hydrogen-bond donors (Lipinski definition) is 1. The van der Waals surface area contributed by atoms with Gasteiger partial charge in [-0.1, -0.05) is 0 Å². The number of halogens is 3. The highest BCUT2D eigenvalue weighted by Crippen LogP contribution is 2.31. The number of aromatic nitrogens is 3. The van der Waals surface area contributed by atoms with Gasteiger partial charge in [-0.2, -0.15) is 0 Å². The molecular weight excluding hydrogens is 523 g/mol. The van der Waals surface area contributed by atoms with Crippen LogP contribution in [0, 0.1) is 0 Å². The van der Waals surface area contributed by atoms with Gasteiger partial charge in [0.15, 0.2) is 5.65 Å². The Morgan fingerprint density at radius 2 is 1.70 bits per heavy atom. The van der Waals surface area contributed by atoms with E-state index in [9.17, 15) is 18.0 Å². The fourth-order valence-corrected chi connectivity index (χ4v) is 5.16. The van der Waals surface area contributed by atoms with Crippen LogP contribution in [0.4, 0.5) is 19.0 Å². The number of nitrogens with zero attached hydrogens (tertiary/aromatic N) is 6. The van der Waals surface area contributed by atoms with E-state index in [-0.39, 0.29) is 11.7 Å². The zero-order chi connectivity index (χ0) is 29.0. The van der Waals surface area contributed by atoms with Gasteiger partial charge in [-0.3, -0.25) is 24.0 Å². The Labute approximate surface area is 232 Å². The normalized spacial score (nSPS) is 15.8. The Morgan fingerprint density at radius 1 is 1.05 bits per heavy atom. The quantitative estimate of drug-likeness (QED) is 0.394. The third-order valence-electron chi connectivity index (χ3n) is 7.20. The summed E-state index contributed by atoms with van der Waals surface area (Å²) in [6.07, 6.45) is 0.145. The third kappa shape index (κ3) is 7.22. The van der Waals surface area contributed by atoms with E-state index in [2.05, 4.69) is 57.5 Å². The first-order chi connectivity index (χ1) is 18.9. The van der Waals surface area contributed by atoms with Crippen LogP contribution < -0.4 is 10.1 Å². The van der Waals surface area contributed by atoms with Crippen molar-refractivity contribution in [2.45, 2.75) is 59.1 Å². The van der Waals surface area contributed by atoms with E-state index in [0.717, 1.165) is 26.2 Å². The molecule has 3 aromatic rings. The van der Waals surface area contributed by atoms with Crippen molar-refractivity contribution >= 4 is 17.4 Å². The molecule has 3 heterocycles. The fraction of sp³-hybridized carbons (Fsp3) is 0.536. The molecule has 1 atom stereocenters. The molecule has 0 saturated carbocycles. The summed E-state index contributed by atoms with van der Waals surface area (Å²) in [7, 11) is 0. The predicted octanol–water partition coefficient (Wildman–Crippen LogP) is 4.36. The third-order valence-corrected chi connectivity index (χ3v) is 7.20. The number of carbonyl (C=O) groups excluding carboxylic acids is 1. The van der Waals surface area contributed by atoms with E-state index in [0.29, 0.717) is 47.9 Å². The number of fused-ring (bicyclic) bond motifs is 1. The van der Waals surface area contributed by atoms with Gasteiger partial charge in [-0.05, 0) is 58.9 Å². The number of anilines is 1. The molecule has 9 nitrogen and oxygen atoms in total. The van der Waals surface area contributed by atoms with Crippen LogP contribution >= 0.6 is 0 Å². The standard InChI is InChI=1S/C28H38F3N7O2/c1-19(2)37(20(3)4)17-14-35-12-15-36(16-13-35)27(39)21(5)33-26-25(34-24-18-32-10-11-38(24)26)22-6-8-23(9-7-22)40-28(29,30)31/h6-11,18-21,33H,12-17H2,1-5H3. The molecule has 0 bridgehead atoms. The van der Waals surface area contributed by atoms with Crippen LogP contribution in [-0.4, -0.2) is 98.7 Å². The minimum absolute atomic E-state index is 0.0190. The molecule has 1 saturated heterocycles. The summed E-state index contributed by atoms with van der Waals surface area (Å²) in [5, 5.41) is 3.31. The lowest BCUT2D eigenvalue weighted by Gasteiger charge is -2.38. The van der Waals surface area contributed by atoms with Crippen molar-refractivity contribution in [3.8, 4) is 17.0 Å². The summed E-state index contributed by atoms with van der Waals surface area (Å²) in [4.78, 5) is 28.9. The predicted molar refractivity (Wildman–Crippen MR) is 148 cm³/mol. The molecule has 0 radical (unpaired) electrons. The average molecular weight is 562 g/mol. The summed E-state index contributed by atoms with van der Waals surface area (Å²) >= 11 is 0. The van der Waals surface area contributed by atoms with Crippen LogP contribution in [0.2, 0.25) is 0 Å². The topological polar surface area (TPSA) is 78.2 Å². The van der Waals surface area contributed by atoms with E-state index < -0.39 is 12.4 Å². The molecule has 40 heavy (non-hydrogen) atoms. The van der Waals surface area contributed by atoms with Crippen molar-refractivity contribution in [2.75, 3.05) is 44.6 Å². The summed E-state index contributed by atoms with van der Waals surface area (Å²) in [6, 6.07) is 5.92. The zero-order valence-electron chi connectivity index (χ0n) is 23.6. The van der Waals surface area contributed by atoms with Crippen LogP contribution in [0.1, 0.15) is 34.6 Å². The number of benzene rings is 1. The average Bonchev–Trinajstić information content (AvgIpc) is 3.26. The number of hydrogen-bond acceptors (Lipinski definition) is 7.